The minimum absolute atomic E-state index is 0.563. The summed E-state index contributed by atoms with van der Waals surface area (Å²) in [6.07, 6.45) is 0. The molecule has 0 saturated carbocycles. The molecule has 0 fully saturated rings. The van der Waals surface area contributed by atoms with Crippen molar-refractivity contribution in [3.63, 3.8) is 0 Å². The van der Waals surface area contributed by atoms with Crippen LogP contribution in [0.15, 0.2) is 534 Å². The molecule has 10 nitrogen and oxygen atoms in total. The van der Waals surface area contributed by atoms with E-state index in [2.05, 4.69) is 548 Å². The van der Waals surface area contributed by atoms with Crippen LogP contribution in [0.25, 0.3) is 260 Å². The van der Waals surface area contributed by atoms with Crippen LogP contribution in [-0.4, -0.2) is 46.9 Å². The molecule has 678 valence electrons. The molecule has 145 heavy (non-hydrogen) atoms. The highest BCUT2D eigenvalue weighted by molar-refractivity contribution is 6.28. The first-order valence-corrected chi connectivity index (χ1v) is 49.5. The summed E-state index contributed by atoms with van der Waals surface area (Å²) >= 11 is 0. The Morgan fingerprint density at radius 3 is 0.745 bits per heavy atom. The fraction of sp³-hybridized carbons (Fsp3) is 0. The van der Waals surface area contributed by atoms with E-state index in [-0.39, 0.29) is 0 Å². The van der Waals surface area contributed by atoms with Crippen LogP contribution in [0.2, 0.25) is 0 Å². The van der Waals surface area contributed by atoms with E-state index in [0.29, 0.717) is 17.6 Å². The second kappa shape index (κ2) is 34.8. The zero-order valence-corrected chi connectivity index (χ0v) is 78.8. The lowest BCUT2D eigenvalue weighted by atomic mass is 9.96. The van der Waals surface area contributed by atoms with Crippen LogP contribution in [0.5, 0.6) is 0 Å². The van der Waals surface area contributed by atoms with Gasteiger partial charge in [-0.2, -0.15) is 9.97 Å². The third-order valence-corrected chi connectivity index (χ3v) is 29.1. The lowest BCUT2D eigenvalue weighted by Crippen LogP contribution is -2.06. The number of rotatable bonds is 13. The lowest BCUT2D eigenvalue weighted by molar-refractivity contribution is 0.953. The summed E-state index contributed by atoms with van der Waals surface area (Å²) in [5.74, 6) is 1.78. The first kappa shape index (κ1) is 83.6. The minimum atomic E-state index is 0.563. The van der Waals surface area contributed by atoms with E-state index >= 15 is 0 Å². The van der Waals surface area contributed by atoms with Gasteiger partial charge in [-0.3, -0.25) is 4.57 Å². The Labute approximate surface area is 834 Å². The Morgan fingerprint density at radius 2 is 0.366 bits per heavy atom. The first-order chi connectivity index (χ1) is 72.0. The second-order valence-electron chi connectivity index (χ2n) is 37.3. The zero-order valence-electron chi connectivity index (χ0n) is 78.8. The Kier molecular flexibility index (Phi) is 20.1. The monoisotopic (exact) mass is 1850 g/mol. The molecule has 22 aromatic carbocycles. The molecule has 0 atom stereocenters. The van der Waals surface area contributed by atoms with Gasteiger partial charge in [0.1, 0.15) is 0 Å². The van der Waals surface area contributed by atoms with E-state index in [0.717, 1.165) is 89.1 Å². The van der Waals surface area contributed by atoms with Gasteiger partial charge in [-0.05, 0) is 208 Å². The summed E-state index contributed by atoms with van der Waals surface area (Å²) in [5.41, 5.74) is 34.6. The van der Waals surface area contributed by atoms with E-state index in [1.807, 2.05) is 18.2 Å². The Balaban J connectivity index is 0.000000107. The number of hydrogen-bond donors (Lipinski definition) is 0. The number of hydrogen-bond acceptors (Lipinski definition) is 3. The van der Waals surface area contributed by atoms with Crippen molar-refractivity contribution in [2.45, 2.75) is 0 Å². The van der Waals surface area contributed by atoms with Crippen LogP contribution in [0, 0.1) is 0 Å². The fourth-order valence-electron chi connectivity index (χ4n) is 22.7. The fourth-order valence-corrected chi connectivity index (χ4v) is 22.7. The van der Waals surface area contributed by atoms with E-state index < -0.39 is 0 Å². The molecule has 8 aromatic heterocycles. The number of para-hydroxylation sites is 10. The molecule has 0 unspecified atom stereocenters. The second-order valence-corrected chi connectivity index (χ2v) is 37.3. The van der Waals surface area contributed by atoms with Crippen molar-refractivity contribution in [3.8, 4) is 107 Å². The van der Waals surface area contributed by atoms with Gasteiger partial charge in [-0.25, -0.2) is 4.98 Å². The highest BCUT2D eigenvalue weighted by Crippen LogP contribution is 2.48. The predicted molar refractivity (Wildman–Crippen MR) is 606 cm³/mol. The van der Waals surface area contributed by atoms with Crippen molar-refractivity contribution in [2.24, 2.45) is 0 Å². The van der Waals surface area contributed by atoms with Crippen LogP contribution in [-0.2, 0) is 0 Å². The van der Waals surface area contributed by atoms with Crippen LogP contribution in [0.3, 0.4) is 0 Å². The van der Waals surface area contributed by atoms with Crippen molar-refractivity contribution in [2.75, 3.05) is 0 Å². The molecular formula is C135H88N10. The molecule has 0 N–H and O–H groups in total. The summed E-state index contributed by atoms with van der Waals surface area (Å²) in [7, 11) is 0. The van der Waals surface area contributed by atoms with Crippen molar-refractivity contribution >= 4 is 153 Å². The van der Waals surface area contributed by atoms with E-state index in [1.165, 1.54) is 153 Å². The summed E-state index contributed by atoms with van der Waals surface area (Å²) in [6, 6.07) is 191. The average Bonchev–Trinajstić information content (AvgIpc) is 1.54. The van der Waals surface area contributed by atoms with Gasteiger partial charge in [0.25, 0.3) is 0 Å². The largest absolute Gasteiger partial charge is 0.309 e. The predicted octanol–water partition coefficient (Wildman–Crippen LogP) is 34.9. The zero-order chi connectivity index (χ0) is 95.5. The summed E-state index contributed by atoms with van der Waals surface area (Å²) in [4.78, 5) is 15.9. The standard InChI is InChI=1S/C51H33N5.C42H27N3.C42H28N2/c1-5-17-34(18-6-1)37-31-38(35-19-7-2-8-20-35)33-39(32-37)50-52-49(36-21-9-3-10-22-36)53-51(54-50)56-45-28-16-14-26-43(45)47-46(56)30-29-42-41-25-13-15-27-44(41)55(48(42)47)40-23-11-4-12-24-40;1-2-12-28(13-3-1)45-38-20-10-6-16-33(38)34-26-27-40-41(42(34)45)35-17-7-11-21-39(35)44(40)30-24-22-29(23-25-30)43-36-18-8-4-14-31(36)32-15-5-9-19-37(32)43;1-3-13-29(14-4-1)31-17-11-19-33(25-31)43-39-23-9-7-21-35(39)37-28-42-38(27-41(37)43)36-22-8-10-24-40(36)44(42)34-20-12-18-32(26-34)30-15-5-2-6-16-30/h1-33H;1-27H;1-28H. The molecule has 0 aliphatic rings. The van der Waals surface area contributed by atoms with Gasteiger partial charge in [-0.1, -0.05) is 370 Å². The first-order valence-electron chi connectivity index (χ1n) is 49.5. The van der Waals surface area contributed by atoms with Gasteiger partial charge < -0.3 is 27.4 Å². The Bertz CT molecular complexity index is 10000. The highest BCUT2D eigenvalue weighted by Gasteiger charge is 2.28. The van der Waals surface area contributed by atoms with E-state index in [4.69, 9.17) is 15.0 Å². The quantitative estimate of drug-likeness (QED) is 0.115. The number of benzene rings is 22. The van der Waals surface area contributed by atoms with E-state index in [1.54, 1.807) is 0 Å². The molecule has 8 heterocycles. The Morgan fingerprint density at radius 1 is 0.117 bits per heavy atom. The number of fused-ring (bicyclic) bond motifs is 23. The summed E-state index contributed by atoms with van der Waals surface area (Å²) in [6.45, 7) is 0. The van der Waals surface area contributed by atoms with Gasteiger partial charge in [0.15, 0.2) is 11.6 Å². The topological polar surface area (TPSA) is 73.2 Å². The smallest absolute Gasteiger partial charge is 0.238 e. The molecule has 0 radical (unpaired) electrons. The molecule has 0 saturated heterocycles. The van der Waals surface area contributed by atoms with Crippen molar-refractivity contribution in [1.82, 2.24) is 46.9 Å². The molecule has 0 spiro atoms. The van der Waals surface area contributed by atoms with Gasteiger partial charge in [0.2, 0.25) is 5.95 Å². The minimum Gasteiger partial charge on any atom is -0.309 e. The molecule has 0 aliphatic carbocycles. The average molecular weight is 1850 g/mol. The maximum absolute atomic E-state index is 5.38. The molecule has 0 bridgehead atoms. The van der Waals surface area contributed by atoms with Gasteiger partial charge in [0, 0.05) is 121 Å². The highest BCUT2D eigenvalue weighted by atomic mass is 15.2. The lowest BCUT2D eigenvalue weighted by Gasteiger charge is -2.13. The maximum Gasteiger partial charge on any atom is 0.238 e. The number of nitrogens with zero attached hydrogens (tertiary/aromatic N) is 10. The molecule has 0 amide bonds. The molecule has 0 aliphatic heterocycles. The third-order valence-electron chi connectivity index (χ3n) is 29.1. The maximum atomic E-state index is 5.38. The summed E-state index contributed by atoms with van der Waals surface area (Å²) < 4.78 is 16.7. The van der Waals surface area contributed by atoms with Gasteiger partial charge in [-0.15, -0.1) is 0 Å². The molecule has 30 rings (SSSR count). The van der Waals surface area contributed by atoms with Gasteiger partial charge >= 0.3 is 0 Å². The van der Waals surface area contributed by atoms with E-state index in [9.17, 15) is 0 Å². The molecule has 30 aromatic rings. The van der Waals surface area contributed by atoms with Crippen LogP contribution in [0.1, 0.15) is 0 Å². The van der Waals surface area contributed by atoms with Gasteiger partial charge in [0.05, 0.1) is 77.2 Å². The normalized spacial score (nSPS) is 11.7. The third kappa shape index (κ3) is 14.0. The van der Waals surface area contributed by atoms with Crippen molar-refractivity contribution in [3.05, 3.63) is 534 Å². The van der Waals surface area contributed by atoms with Crippen molar-refractivity contribution < 1.29 is 0 Å². The van der Waals surface area contributed by atoms with Crippen LogP contribution < -0.4 is 0 Å². The van der Waals surface area contributed by atoms with Crippen LogP contribution in [0.4, 0.5) is 0 Å². The van der Waals surface area contributed by atoms with Crippen molar-refractivity contribution in [1.29, 1.82) is 0 Å². The Hall–Kier alpha value is -19.6. The number of aromatic nitrogens is 10. The molecule has 10 heteroatoms. The molecular weight excluding hydrogens is 1760 g/mol. The SMILES string of the molecule is c1ccc(-c2cc(-c3ccccc3)cc(-c3nc(-c4ccccc4)nc(-n4c5ccccc5c5c4ccc4c6ccccc6n(-c6ccccc6)c45)n3)c2)cc1.c1ccc(-c2cccc(-n3c4ccccc4c4cc5c(cc43)c3ccccc3n5-c3cccc(-c4ccccc4)c3)c2)cc1.c1ccc(-n2c3ccccc3c3ccc4c(c5ccccc5n4-c4ccc(-n5c6ccccc6c6ccccc65)cc4)c32)cc1. The van der Waals surface area contributed by atoms with Crippen LogP contribution >= 0.6 is 0 Å². The summed E-state index contributed by atoms with van der Waals surface area (Å²) in [5, 5.41) is 17.3.